The number of aromatic nitrogens is 1. The molecule has 1 aromatic carbocycles. The normalized spacial score (nSPS) is 10.1. The second-order valence-electron chi connectivity index (χ2n) is 4.18. The van der Waals surface area contributed by atoms with Crippen LogP contribution in [0.2, 0.25) is 0 Å². The Hall–Kier alpha value is -2.01. The molecule has 5 heteroatoms. The van der Waals surface area contributed by atoms with Gasteiger partial charge >= 0.3 is 0 Å². The summed E-state index contributed by atoms with van der Waals surface area (Å²) in [5.41, 5.74) is 0.954. The Bertz CT molecular complexity index is 585. The fourth-order valence-electron chi connectivity index (χ4n) is 1.61. The number of rotatable bonds is 5. The molecule has 104 valence electrons. The maximum atomic E-state index is 11.9. The molecule has 0 bridgehead atoms. The molecule has 1 amide bonds. The second kappa shape index (κ2) is 6.96. The first-order chi connectivity index (χ1) is 9.69. The summed E-state index contributed by atoms with van der Waals surface area (Å²) in [7, 11) is 1.63. The van der Waals surface area contributed by atoms with Crippen LogP contribution in [0.5, 0.6) is 5.75 Å². The third-order valence-electron chi connectivity index (χ3n) is 2.70. The zero-order valence-electron chi connectivity index (χ0n) is 11.4. The highest BCUT2D eigenvalue weighted by molar-refractivity contribution is 8.00. The van der Waals surface area contributed by atoms with Gasteiger partial charge in [-0.3, -0.25) is 4.79 Å². The number of carbonyl (C=O) groups is 1. The zero-order valence-corrected chi connectivity index (χ0v) is 12.2. The standard InChI is InChI=1S/C15H16N2O2S/c1-11-4-3-9-16-15(11)17-14(18)10-20-13-7-5-12(19-2)6-8-13/h3-9H,10H2,1-2H3,(H,16,17,18). The molecule has 0 radical (unpaired) electrons. The third-order valence-corrected chi connectivity index (χ3v) is 3.71. The van der Waals surface area contributed by atoms with Crippen LogP contribution in [-0.2, 0) is 4.79 Å². The smallest absolute Gasteiger partial charge is 0.235 e. The van der Waals surface area contributed by atoms with E-state index >= 15 is 0 Å². The molecule has 1 heterocycles. The maximum Gasteiger partial charge on any atom is 0.235 e. The summed E-state index contributed by atoms with van der Waals surface area (Å²) in [6.45, 7) is 1.92. The van der Waals surface area contributed by atoms with Crippen LogP contribution >= 0.6 is 11.8 Å². The number of anilines is 1. The van der Waals surface area contributed by atoms with Crippen molar-refractivity contribution in [3.8, 4) is 5.75 Å². The van der Waals surface area contributed by atoms with Crippen LogP contribution in [0.3, 0.4) is 0 Å². The lowest BCUT2D eigenvalue weighted by molar-refractivity contribution is -0.113. The van der Waals surface area contributed by atoms with Crippen LogP contribution in [0.15, 0.2) is 47.5 Å². The SMILES string of the molecule is COc1ccc(SCC(=O)Nc2ncccc2C)cc1. The molecule has 2 rings (SSSR count). The Morgan fingerprint density at radius 2 is 2.05 bits per heavy atom. The summed E-state index contributed by atoms with van der Waals surface area (Å²) >= 11 is 1.48. The van der Waals surface area contributed by atoms with Gasteiger partial charge in [0, 0.05) is 11.1 Å². The highest BCUT2D eigenvalue weighted by Crippen LogP contribution is 2.21. The van der Waals surface area contributed by atoms with Crippen LogP contribution in [0.4, 0.5) is 5.82 Å². The molecule has 1 N–H and O–H groups in total. The minimum absolute atomic E-state index is 0.0624. The summed E-state index contributed by atoms with van der Waals surface area (Å²) in [4.78, 5) is 17.0. The molecule has 1 aromatic heterocycles. The zero-order chi connectivity index (χ0) is 14.4. The molecule has 0 aliphatic rings. The minimum Gasteiger partial charge on any atom is -0.497 e. The van der Waals surface area contributed by atoms with E-state index in [1.165, 1.54) is 11.8 Å². The van der Waals surface area contributed by atoms with Crippen molar-refractivity contribution < 1.29 is 9.53 Å². The highest BCUT2D eigenvalue weighted by Gasteiger charge is 2.06. The van der Waals surface area contributed by atoms with Gasteiger partial charge in [-0.1, -0.05) is 6.07 Å². The number of methoxy groups -OCH3 is 1. The molecule has 0 saturated heterocycles. The van der Waals surface area contributed by atoms with Crippen molar-refractivity contribution in [2.24, 2.45) is 0 Å². The largest absolute Gasteiger partial charge is 0.497 e. The average Bonchev–Trinajstić information content (AvgIpc) is 2.48. The molecule has 4 nitrogen and oxygen atoms in total. The third kappa shape index (κ3) is 3.99. The molecule has 0 atom stereocenters. The Morgan fingerprint density at radius 1 is 1.30 bits per heavy atom. The Kier molecular flexibility index (Phi) is 5.01. The Labute approximate surface area is 122 Å². The summed E-state index contributed by atoms with van der Waals surface area (Å²) in [6, 6.07) is 11.4. The Balaban J connectivity index is 1.87. The highest BCUT2D eigenvalue weighted by atomic mass is 32.2. The van der Waals surface area contributed by atoms with E-state index in [2.05, 4.69) is 10.3 Å². The van der Waals surface area contributed by atoms with E-state index in [1.807, 2.05) is 43.3 Å². The topological polar surface area (TPSA) is 51.2 Å². The minimum atomic E-state index is -0.0624. The van der Waals surface area contributed by atoms with E-state index < -0.39 is 0 Å². The van der Waals surface area contributed by atoms with E-state index in [0.717, 1.165) is 16.2 Å². The van der Waals surface area contributed by atoms with Crippen LogP contribution in [0.25, 0.3) is 0 Å². The van der Waals surface area contributed by atoms with Gasteiger partial charge in [-0.05, 0) is 42.8 Å². The number of ether oxygens (including phenoxy) is 1. The lowest BCUT2D eigenvalue weighted by Crippen LogP contribution is -2.15. The van der Waals surface area contributed by atoms with Crippen LogP contribution in [-0.4, -0.2) is 23.8 Å². The van der Waals surface area contributed by atoms with Crippen molar-refractivity contribution >= 4 is 23.5 Å². The number of aryl methyl sites for hydroxylation is 1. The fraction of sp³-hybridized carbons (Fsp3) is 0.200. The predicted octanol–water partition coefficient (Wildman–Crippen LogP) is 3.13. The number of hydrogen-bond donors (Lipinski definition) is 1. The Morgan fingerprint density at radius 3 is 2.70 bits per heavy atom. The van der Waals surface area contributed by atoms with Gasteiger partial charge in [-0.15, -0.1) is 11.8 Å². The van der Waals surface area contributed by atoms with E-state index in [-0.39, 0.29) is 5.91 Å². The van der Waals surface area contributed by atoms with Crippen molar-refractivity contribution in [1.29, 1.82) is 0 Å². The van der Waals surface area contributed by atoms with Crippen LogP contribution in [0.1, 0.15) is 5.56 Å². The van der Waals surface area contributed by atoms with E-state index in [4.69, 9.17) is 4.74 Å². The summed E-state index contributed by atoms with van der Waals surface area (Å²) < 4.78 is 5.09. The first-order valence-corrected chi connectivity index (χ1v) is 7.16. The fourth-order valence-corrected chi connectivity index (χ4v) is 2.30. The number of carbonyl (C=O) groups excluding carboxylic acids is 1. The molecule has 20 heavy (non-hydrogen) atoms. The van der Waals surface area contributed by atoms with Crippen molar-refractivity contribution in [2.45, 2.75) is 11.8 Å². The average molecular weight is 288 g/mol. The van der Waals surface area contributed by atoms with Gasteiger partial charge in [0.05, 0.1) is 12.9 Å². The summed E-state index contributed by atoms with van der Waals surface area (Å²) in [6.07, 6.45) is 1.67. The molecule has 0 spiro atoms. The van der Waals surface area contributed by atoms with Crippen molar-refractivity contribution in [3.63, 3.8) is 0 Å². The van der Waals surface area contributed by atoms with E-state index in [1.54, 1.807) is 13.3 Å². The quantitative estimate of drug-likeness (QED) is 0.859. The monoisotopic (exact) mass is 288 g/mol. The molecule has 0 saturated carbocycles. The van der Waals surface area contributed by atoms with Crippen LogP contribution in [0, 0.1) is 6.92 Å². The van der Waals surface area contributed by atoms with Gasteiger partial charge in [0.25, 0.3) is 0 Å². The van der Waals surface area contributed by atoms with Gasteiger partial charge in [0.15, 0.2) is 0 Å². The number of amides is 1. The van der Waals surface area contributed by atoms with Crippen molar-refractivity contribution in [1.82, 2.24) is 4.98 Å². The lowest BCUT2D eigenvalue weighted by Gasteiger charge is -2.07. The molecule has 0 aliphatic heterocycles. The van der Waals surface area contributed by atoms with Gasteiger partial charge in [-0.2, -0.15) is 0 Å². The molecule has 0 fully saturated rings. The summed E-state index contributed by atoms with van der Waals surface area (Å²) in [5.74, 6) is 1.71. The number of thioether (sulfide) groups is 1. The van der Waals surface area contributed by atoms with Gasteiger partial charge < -0.3 is 10.1 Å². The molecule has 0 aliphatic carbocycles. The van der Waals surface area contributed by atoms with E-state index in [9.17, 15) is 4.79 Å². The van der Waals surface area contributed by atoms with Crippen molar-refractivity contribution in [2.75, 3.05) is 18.2 Å². The predicted molar refractivity (Wildman–Crippen MR) is 81.3 cm³/mol. The number of benzene rings is 1. The number of nitrogens with one attached hydrogen (secondary N) is 1. The molecular weight excluding hydrogens is 272 g/mol. The van der Waals surface area contributed by atoms with Gasteiger partial charge in [0.1, 0.15) is 11.6 Å². The molecule has 2 aromatic rings. The maximum absolute atomic E-state index is 11.9. The lowest BCUT2D eigenvalue weighted by atomic mass is 10.3. The van der Waals surface area contributed by atoms with E-state index in [0.29, 0.717) is 11.6 Å². The molecular formula is C15H16N2O2S. The summed E-state index contributed by atoms with van der Waals surface area (Å²) in [5, 5.41) is 2.81. The van der Waals surface area contributed by atoms with Gasteiger partial charge in [0.2, 0.25) is 5.91 Å². The second-order valence-corrected chi connectivity index (χ2v) is 5.23. The van der Waals surface area contributed by atoms with Crippen molar-refractivity contribution in [3.05, 3.63) is 48.2 Å². The van der Waals surface area contributed by atoms with Crippen LogP contribution < -0.4 is 10.1 Å². The number of nitrogens with zero attached hydrogens (tertiary/aromatic N) is 1. The number of hydrogen-bond acceptors (Lipinski definition) is 4. The first-order valence-electron chi connectivity index (χ1n) is 6.17. The number of pyridine rings is 1. The van der Waals surface area contributed by atoms with Gasteiger partial charge in [-0.25, -0.2) is 4.98 Å². The molecule has 0 unspecified atom stereocenters. The first kappa shape index (κ1) is 14.4.